The van der Waals surface area contributed by atoms with Gasteiger partial charge in [-0.25, -0.2) is 0 Å². The monoisotopic (exact) mass is 307 g/mol. The Morgan fingerprint density at radius 3 is 1.91 bits per heavy atom. The normalized spacial score (nSPS) is 20.2. The molecule has 3 heteroatoms. The van der Waals surface area contributed by atoms with E-state index in [1.807, 2.05) is 69.3 Å². The molecule has 23 heavy (non-hydrogen) atoms. The number of benzene rings is 2. The predicted molar refractivity (Wildman–Crippen MR) is 90.0 cm³/mol. The molecule has 3 rings (SSSR count). The second-order valence-electron chi connectivity index (χ2n) is 6.99. The minimum Gasteiger partial charge on any atom is -0.317 e. The van der Waals surface area contributed by atoms with E-state index in [1.54, 1.807) is 17.0 Å². The Morgan fingerprint density at radius 2 is 1.39 bits per heavy atom. The van der Waals surface area contributed by atoms with Crippen molar-refractivity contribution in [1.82, 2.24) is 4.90 Å². The van der Waals surface area contributed by atoms with Crippen molar-refractivity contribution in [2.45, 2.75) is 32.9 Å². The van der Waals surface area contributed by atoms with Gasteiger partial charge in [0.15, 0.2) is 5.78 Å². The Labute approximate surface area is 136 Å². The summed E-state index contributed by atoms with van der Waals surface area (Å²) in [5, 5.41) is 0. The highest BCUT2D eigenvalue weighted by Crippen LogP contribution is 2.47. The van der Waals surface area contributed by atoms with Crippen LogP contribution in [0, 0.1) is 5.41 Å². The summed E-state index contributed by atoms with van der Waals surface area (Å²) in [6.45, 7) is 5.71. The van der Waals surface area contributed by atoms with Crippen molar-refractivity contribution in [1.29, 1.82) is 0 Å². The van der Waals surface area contributed by atoms with Gasteiger partial charge >= 0.3 is 0 Å². The van der Waals surface area contributed by atoms with Gasteiger partial charge in [-0.05, 0) is 17.7 Å². The van der Waals surface area contributed by atoms with Gasteiger partial charge in [-0.15, -0.1) is 0 Å². The third-order valence-corrected chi connectivity index (χ3v) is 4.21. The highest BCUT2D eigenvalue weighted by Gasteiger charge is 2.57. The van der Waals surface area contributed by atoms with Crippen LogP contribution in [-0.4, -0.2) is 22.6 Å². The molecular formula is C20H21NO2. The smallest absolute Gasteiger partial charge is 0.255 e. The summed E-state index contributed by atoms with van der Waals surface area (Å²) in [5.74, 6) is 0.0256. The molecule has 118 valence electrons. The molecule has 2 aromatic rings. The zero-order valence-corrected chi connectivity index (χ0v) is 13.7. The number of hydrogen-bond acceptors (Lipinski definition) is 2. The van der Waals surface area contributed by atoms with Crippen LogP contribution in [0.15, 0.2) is 60.7 Å². The molecule has 0 radical (unpaired) electrons. The molecule has 1 fully saturated rings. The van der Waals surface area contributed by atoms with Gasteiger partial charge in [0.1, 0.15) is 6.04 Å². The summed E-state index contributed by atoms with van der Waals surface area (Å²) in [7, 11) is 0. The number of nitrogens with zero attached hydrogens (tertiary/aromatic N) is 1. The first kappa shape index (κ1) is 15.5. The largest absolute Gasteiger partial charge is 0.317 e. The highest BCUT2D eigenvalue weighted by atomic mass is 16.2. The third kappa shape index (κ3) is 2.91. The molecule has 3 nitrogen and oxygen atoms in total. The van der Waals surface area contributed by atoms with Crippen molar-refractivity contribution in [3.63, 3.8) is 0 Å². The van der Waals surface area contributed by atoms with E-state index in [0.29, 0.717) is 5.56 Å². The number of carbonyl (C=O) groups is 2. The molecule has 1 amide bonds. The number of hydrogen-bond donors (Lipinski definition) is 0. The topological polar surface area (TPSA) is 37.1 Å². The van der Waals surface area contributed by atoms with Crippen LogP contribution in [-0.2, 0) is 4.79 Å². The Hall–Kier alpha value is -2.42. The zero-order valence-electron chi connectivity index (χ0n) is 13.7. The van der Waals surface area contributed by atoms with Crippen molar-refractivity contribution in [2.75, 3.05) is 0 Å². The van der Waals surface area contributed by atoms with Gasteiger partial charge in [0.05, 0.1) is 6.04 Å². The molecule has 0 spiro atoms. The van der Waals surface area contributed by atoms with Gasteiger partial charge in [-0.2, -0.15) is 0 Å². The van der Waals surface area contributed by atoms with Gasteiger partial charge in [0.2, 0.25) is 0 Å². The number of amides is 1. The first-order valence-electron chi connectivity index (χ1n) is 7.88. The predicted octanol–water partition coefficient (Wildman–Crippen LogP) is 3.87. The molecular weight excluding hydrogens is 286 g/mol. The molecule has 2 aromatic carbocycles. The van der Waals surface area contributed by atoms with Crippen molar-refractivity contribution in [3.05, 3.63) is 71.8 Å². The summed E-state index contributed by atoms with van der Waals surface area (Å²) in [6, 6.07) is 18.4. The number of carbonyl (C=O) groups excluding carboxylic acids is 2. The Balaban J connectivity index is 1.93. The van der Waals surface area contributed by atoms with Crippen LogP contribution in [0.4, 0.5) is 0 Å². The number of ketones is 1. The summed E-state index contributed by atoms with van der Waals surface area (Å²) >= 11 is 0. The zero-order chi connectivity index (χ0) is 16.6. The van der Waals surface area contributed by atoms with Gasteiger partial charge in [0, 0.05) is 11.0 Å². The van der Waals surface area contributed by atoms with Crippen molar-refractivity contribution < 1.29 is 9.59 Å². The molecule has 1 saturated heterocycles. The van der Waals surface area contributed by atoms with Gasteiger partial charge in [-0.1, -0.05) is 69.3 Å². The van der Waals surface area contributed by atoms with E-state index in [9.17, 15) is 9.59 Å². The lowest BCUT2D eigenvalue weighted by molar-refractivity contribution is -0.126. The lowest BCUT2D eigenvalue weighted by Crippen LogP contribution is -2.29. The minimum atomic E-state index is -0.469. The maximum Gasteiger partial charge on any atom is 0.255 e. The lowest BCUT2D eigenvalue weighted by Gasteiger charge is -2.16. The Kier molecular flexibility index (Phi) is 3.80. The molecule has 1 heterocycles. The van der Waals surface area contributed by atoms with Gasteiger partial charge in [-0.3, -0.25) is 9.59 Å². The molecule has 0 saturated carbocycles. The van der Waals surface area contributed by atoms with E-state index in [0.717, 1.165) is 5.56 Å². The summed E-state index contributed by atoms with van der Waals surface area (Å²) in [6.07, 6.45) is 0. The van der Waals surface area contributed by atoms with Crippen LogP contribution in [0.25, 0.3) is 0 Å². The van der Waals surface area contributed by atoms with Crippen molar-refractivity contribution >= 4 is 11.7 Å². The van der Waals surface area contributed by atoms with Crippen molar-refractivity contribution in [2.24, 2.45) is 5.41 Å². The van der Waals surface area contributed by atoms with E-state index in [4.69, 9.17) is 0 Å². The van der Waals surface area contributed by atoms with Crippen LogP contribution >= 0.6 is 0 Å². The molecule has 0 aromatic heterocycles. The first-order valence-corrected chi connectivity index (χ1v) is 7.88. The SMILES string of the molecule is CC(C)(C)C(=O)C1C(c2ccccc2)N1C(=O)c1ccccc1. The molecule has 1 aliphatic rings. The molecule has 0 N–H and O–H groups in total. The minimum absolute atomic E-state index is 0.0814. The van der Waals surface area contributed by atoms with Crippen LogP contribution in [0.2, 0.25) is 0 Å². The maximum absolute atomic E-state index is 12.8. The van der Waals surface area contributed by atoms with Crippen LogP contribution in [0.1, 0.15) is 42.7 Å². The Morgan fingerprint density at radius 1 is 0.870 bits per heavy atom. The molecule has 2 unspecified atom stereocenters. The van der Waals surface area contributed by atoms with Gasteiger partial charge in [0.25, 0.3) is 5.91 Å². The standard InChI is InChI=1S/C20H21NO2/c1-20(2,3)18(22)17-16(14-10-6-4-7-11-14)21(17)19(23)15-12-8-5-9-13-15/h4-13,16-17H,1-3H3. The number of rotatable bonds is 3. The number of Topliss-reactive ketones (excluding diaryl/α,β-unsaturated/α-hetero) is 1. The van der Waals surface area contributed by atoms with E-state index in [1.165, 1.54) is 0 Å². The molecule has 1 aliphatic heterocycles. The van der Waals surface area contributed by atoms with E-state index in [-0.39, 0.29) is 23.8 Å². The molecule has 0 bridgehead atoms. The lowest BCUT2D eigenvalue weighted by atomic mass is 9.87. The second-order valence-corrected chi connectivity index (χ2v) is 6.99. The summed E-state index contributed by atoms with van der Waals surface area (Å²) in [5.41, 5.74) is 1.17. The van der Waals surface area contributed by atoms with Crippen LogP contribution in [0.5, 0.6) is 0 Å². The van der Waals surface area contributed by atoms with Gasteiger partial charge < -0.3 is 4.90 Å². The molecule has 0 aliphatic carbocycles. The fraction of sp³-hybridized carbons (Fsp3) is 0.300. The van der Waals surface area contributed by atoms with E-state index in [2.05, 4.69) is 0 Å². The van der Waals surface area contributed by atoms with Crippen LogP contribution < -0.4 is 0 Å². The maximum atomic E-state index is 12.8. The quantitative estimate of drug-likeness (QED) is 0.807. The van der Waals surface area contributed by atoms with E-state index < -0.39 is 5.41 Å². The van der Waals surface area contributed by atoms with Crippen molar-refractivity contribution in [3.8, 4) is 0 Å². The fourth-order valence-electron chi connectivity index (χ4n) is 2.92. The third-order valence-electron chi connectivity index (χ3n) is 4.21. The molecule has 2 atom stereocenters. The average molecular weight is 307 g/mol. The first-order chi connectivity index (χ1) is 10.9. The summed E-state index contributed by atoms with van der Waals surface area (Å²) in [4.78, 5) is 27.3. The highest BCUT2D eigenvalue weighted by molar-refractivity contribution is 6.03. The van der Waals surface area contributed by atoms with Crippen LogP contribution in [0.3, 0.4) is 0 Å². The summed E-state index contributed by atoms with van der Waals surface area (Å²) < 4.78 is 0. The van der Waals surface area contributed by atoms with E-state index >= 15 is 0 Å². The fourth-order valence-corrected chi connectivity index (χ4v) is 2.92. The Bertz CT molecular complexity index is 716. The average Bonchev–Trinajstić information content (AvgIpc) is 3.29. The second kappa shape index (κ2) is 5.65.